The molecule has 0 aliphatic carbocycles. The molecular formula is C16H27N5O2. The number of likely N-dealkylation sites (tertiary alicyclic amines) is 1. The first kappa shape index (κ1) is 17.4. The molecule has 0 saturated carbocycles. The number of nitrogens with zero attached hydrogens (tertiary/aromatic N) is 5. The molecule has 1 atom stereocenters. The van der Waals surface area contributed by atoms with Gasteiger partial charge in [-0.15, -0.1) is 10.2 Å². The van der Waals surface area contributed by atoms with Crippen molar-refractivity contribution in [2.24, 2.45) is 13.0 Å². The third kappa shape index (κ3) is 4.30. The molecule has 1 fully saturated rings. The fourth-order valence-electron chi connectivity index (χ4n) is 2.98. The summed E-state index contributed by atoms with van der Waals surface area (Å²) in [7, 11) is 3.68. The van der Waals surface area contributed by atoms with E-state index >= 15 is 0 Å². The number of hydrogen-bond acceptors (Lipinski definition) is 4. The van der Waals surface area contributed by atoms with Crippen molar-refractivity contribution in [3.8, 4) is 0 Å². The number of carbonyl (C=O) groups is 2. The fraction of sp³-hybridized carbons (Fsp3) is 0.750. The molecule has 2 rings (SSSR count). The van der Waals surface area contributed by atoms with Gasteiger partial charge >= 0.3 is 0 Å². The molecule has 0 unspecified atom stereocenters. The molecule has 0 radical (unpaired) electrons. The molecule has 1 aromatic heterocycles. The number of aryl methyl sites for hydroxylation is 2. The van der Waals surface area contributed by atoms with Crippen LogP contribution in [0.15, 0.2) is 6.33 Å². The highest BCUT2D eigenvalue weighted by Crippen LogP contribution is 2.26. The normalized spacial score (nSPS) is 18.6. The van der Waals surface area contributed by atoms with E-state index in [0.717, 1.165) is 12.4 Å². The van der Waals surface area contributed by atoms with Crippen molar-refractivity contribution in [2.45, 2.75) is 45.6 Å². The van der Waals surface area contributed by atoms with Gasteiger partial charge in [-0.3, -0.25) is 9.59 Å². The van der Waals surface area contributed by atoms with Crippen LogP contribution in [0.2, 0.25) is 0 Å². The Labute approximate surface area is 137 Å². The van der Waals surface area contributed by atoms with Crippen LogP contribution in [0.3, 0.4) is 0 Å². The number of rotatable bonds is 5. The molecule has 23 heavy (non-hydrogen) atoms. The van der Waals surface area contributed by atoms with Gasteiger partial charge in [-0.05, 0) is 20.8 Å². The molecule has 7 nitrogen and oxygen atoms in total. The Morgan fingerprint density at radius 1 is 1.43 bits per heavy atom. The third-order valence-corrected chi connectivity index (χ3v) is 4.34. The Hall–Kier alpha value is -1.92. The lowest BCUT2D eigenvalue weighted by molar-refractivity contribution is -0.132. The summed E-state index contributed by atoms with van der Waals surface area (Å²) < 4.78 is 1.82. The monoisotopic (exact) mass is 321 g/mol. The van der Waals surface area contributed by atoms with Gasteiger partial charge in [-0.25, -0.2) is 0 Å². The molecule has 2 heterocycles. The molecule has 128 valence electrons. The van der Waals surface area contributed by atoms with Crippen molar-refractivity contribution in [3.63, 3.8) is 0 Å². The van der Waals surface area contributed by atoms with Gasteiger partial charge in [0, 0.05) is 57.9 Å². The summed E-state index contributed by atoms with van der Waals surface area (Å²) in [6.45, 7) is 7.48. The number of carbonyl (C=O) groups excluding carboxylic acids is 2. The standard InChI is InChI=1S/C16H27N5O2/c1-16(2,3)21-10-12(8-15(21)23)9-19(4)14(22)7-6-13-18-17-11-20(13)5/h11-12H,6-10H2,1-5H3/t12-/m0/s1. The summed E-state index contributed by atoms with van der Waals surface area (Å²) in [5.41, 5.74) is -0.153. The Balaban J connectivity index is 1.82. The van der Waals surface area contributed by atoms with Gasteiger partial charge in [0.05, 0.1) is 0 Å². The van der Waals surface area contributed by atoms with Crippen molar-refractivity contribution in [3.05, 3.63) is 12.2 Å². The number of amides is 2. The van der Waals surface area contributed by atoms with E-state index < -0.39 is 0 Å². The van der Waals surface area contributed by atoms with Crippen LogP contribution in [0.25, 0.3) is 0 Å². The average molecular weight is 321 g/mol. The zero-order valence-corrected chi connectivity index (χ0v) is 14.7. The molecule has 0 bridgehead atoms. The van der Waals surface area contributed by atoms with Gasteiger partial charge in [-0.2, -0.15) is 0 Å². The van der Waals surface area contributed by atoms with E-state index in [2.05, 4.69) is 10.2 Å². The summed E-state index contributed by atoms with van der Waals surface area (Å²) in [5, 5.41) is 7.80. The van der Waals surface area contributed by atoms with Gasteiger partial charge < -0.3 is 14.4 Å². The molecule has 0 aromatic carbocycles. The maximum Gasteiger partial charge on any atom is 0.223 e. The van der Waals surface area contributed by atoms with Crippen LogP contribution >= 0.6 is 0 Å². The van der Waals surface area contributed by atoms with Gasteiger partial charge in [0.1, 0.15) is 12.2 Å². The topological polar surface area (TPSA) is 71.3 Å². The zero-order valence-electron chi connectivity index (χ0n) is 14.7. The van der Waals surface area contributed by atoms with Crippen molar-refractivity contribution in [1.82, 2.24) is 24.6 Å². The summed E-state index contributed by atoms with van der Waals surface area (Å²) in [6.07, 6.45) is 3.15. The lowest BCUT2D eigenvalue weighted by Gasteiger charge is -2.32. The maximum atomic E-state index is 12.3. The van der Waals surface area contributed by atoms with Crippen molar-refractivity contribution in [2.75, 3.05) is 20.1 Å². The number of aromatic nitrogens is 3. The van der Waals surface area contributed by atoms with Gasteiger partial charge in [0.15, 0.2) is 0 Å². The Kier molecular flexibility index (Phi) is 5.06. The highest BCUT2D eigenvalue weighted by atomic mass is 16.2. The molecule has 1 aliphatic rings. The Morgan fingerprint density at radius 2 is 2.13 bits per heavy atom. The molecule has 1 aliphatic heterocycles. The second kappa shape index (κ2) is 6.68. The van der Waals surface area contributed by atoms with Gasteiger partial charge in [0.25, 0.3) is 0 Å². The lowest BCUT2D eigenvalue weighted by atomic mass is 10.1. The van der Waals surface area contributed by atoms with E-state index in [1.807, 2.05) is 44.3 Å². The first-order valence-corrected chi connectivity index (χ1v) is 8.05. The quantitative estimate of drug-likeness (QED) is 0.806. The van der Waals surface area contributed by atoms with Gasteiger partial charge in [0.2, 0.25) is 11.8 Å². The van der Waals surface area contributed by atoms with E-state index in [4.69, 9.17) is 0 Å². The van der Waals surface area contributed by atoms with E-state index in [0.29, 0.717) is 25.8 Å². The Morgan fingerprint density at radius 3 is 2.65 bits per heavy atom. The highest BCUT2D eigenvalue weighted by Gasteiger charge is 2.36. The average Bonchev–Trinajstić information content (AvgIpc) is 3.01. The van der Waals surface area contributed by atoms with Crippen LogP contribution in [0.4, 0.5) is 0 Å². The van der Waals surface area contributed by atoms with E-state index in [1.165, 1.54) is 0 Å². The summed E-state index contributed by atoms with van der Waals surface area (Å²) >= 11 is 0. The predicted molar refractivity (Wildman–Crippen MR) is 86.5 cm³/mol. The zero-order chi connectivity index (χ0) is 17.2. The van der Waals surface area contributed by atoms with E-state index in [1.54, 1.807) is 11.2 Å². The van der Waals surface area contributed by atoms with Crippen molar-refractivity contribution in [1.29, 1.82) is 0 Å². The molecule has 1 saturated heterocycles. The minimum absolute atomic E-state index is 0.0784. The second-order valence-corrected chi connectivity index (χ2v) is 7.38. The summed E-state index contributed by atoms with van der Waals surface area (Å²) in [6, 6.07) is 0. The largest absolute Gasteiger partial charge is 0.345 e. The van der Waals surface area contributed by atoms with Gasteiger partial charge in [-0.1, -0.05) is 0 Å². The van der Waals surface area contributed by atoms with E-state index in [-0.39, 0.29) is 23.3 Å². The van der Waals surface area contributed by atoms with Crippen LogP contribution in [0.5, 0.6) is 0 Å². The molecule has 2 amide bonds. The fourth-order valence-corrected chi connectivity index (χ4v) is 2.98. The van der Waals surface area contributed by atoms with E-state index in [9.17, 15) is 9.59 Å². The maximum absolute atomic E-state index is 12.3. The molecular weight excluding hydrogens is 294 g/mol. The Bertz CT molecular complexity index is 575. The smallest absolute Gasteiger partial charge is 0.223 e. The first-order valence-electron chi connectivity index (χ1n) is 8.05. The minimum Gasteiger partial charge on any atom is -0.345 e. The summed E-state index contributed by atoms with van der Waals surface area (Å²) in [5.74, 6) is 1.28. The SMILES string of the molecule is CN(C[C@@H]1CC(=O)N(C(C)(C)C)C1)C(=O)CCc1nncn1C. The molecule has 1 aromatic rings. The lowest BCUT2D eigenvalue weighted by Crippen LogP contribution is -2.43. The second-order valence-electron chi connectivity index (χ2n) is 7.38. The molecule has 7 heteroatoms. The van der Waals surface area contributed by atoms with Crippen LogP contribution in [-0.2, 0) is 23.1 Å². The first-order chi connectivity index (χ1) is 10.7. The third-order valence-electron chi connectivity index (χ3n) is 4.34. The molecule has 0 N–H and O–H groups in total. The summed E-state index contributed by atoms with van der Waals surface area (Å²) in [4.78, 5) is 28.0. The minimum atomic E-state index is -0.153. The van der Waals surface area contributed by atoms with Crippen LogP contribution < -0.4 is 0 Å². The highest BCUT2D eigenvalue weighted by molar-refractivity contribution is 5.80. The molecule has 0 spiro atoms. The van der Waals surface area contributed by atoms with Crippen LogP contribution in [0.1, 0.15) is 39.4 Å². The van der Waals surface area contributed by atoms with Crippen LogP contribution in [0, 0.1) is 5.92 Å². The van der Waals surface area contributed by atoms with Crippen LogP contribution in [-0.4, -0.2) is 62.1 Å². The van der Waals surface area contributed by atoms with Crippen molar-refractivity contribution < 1.29 is 9.59 Å². The number of hydrogen-bond donors (Lipinski definition) is 0. The predicted octanol–water partition coefficient (Wildman–Crippen LogP) is 0.853. The van der Waals surface area contributed by atoms with Crippen molar-refractivity contribution >= 4 is 11.8 Å².